The number of aromatic nitrogens is 1. The van der Waals surface area contributed by atoms with Gasteiger partial charge >= 0.3 is 0 Å². The maximum absolute atomic E-state index is 12.7. The van der Waals surface area contributed by atoms with Crippen LogP contribution in [-0.2, 0) is 4.74 Å². The van der Waals surface area contributed by atoms with Crippen molar-refractivity contribution in [3.63, 3.8) is 0 Å². The van der Waals surface area contributed by atoms with Crippen molar-refractivity contribution in [2.45, 2.75) is 0 Å². The fraction of sp³-hybridized carbons (Fsp3) is 0.190. The molecule has 2 N–H and O–H groups in total. The van der Waals surface area contributed by atoms with Crippen molar-refractivity contribution >= 4 is 56.8 Å². The number of amides is 1. The molecule has 1 aromatic heterocycles. The first-order chi connectivity index (χ1) is 16.8. The lowest BCUT2D eigenvalue weighted by molar-refractivity contribution is -0.384. The van der Waals surface area contributed by atoms with Crippen LogP contribution in [0.5, 0.6) is 0 Å². The van der Waals surface area contributed by atoms with Crippen LogP contribution >= 0.6 is 23.6 Å². The third kappa shape index (κ3) is 5.74. The van der Waals surface area contributed by atoms with Crippen LogP contribution in [0.3, 0.4) is 0 Å². The molecule has 2 heterocycles. The van der Waals surface area contributed by atoms with Crippen LogP contribution in [0.4, 0.5) is 22.2 Å². The summed E-state index contributed by atoms with van der Waals surface area (Å²) in [4.78, 5) is 40.4. The minimum absolute atomic E-state index is 0.0464. The van der Waals surface area contributed by atoms with Gasteiger partial charge in [-0.2, -0.15) is 0 Å². The minimum atomic E-state index is -0.616. The van der Waals surface area contributed by atoms with Crippen molar-refractivity contribution in [1.82, 2.24) is 10.3 Å². The zero-order valence-corrected chi connectivity index (χ0v) is 19.6. The predicted octanol–water partition coefficient (Wildman–Crippen LogP) is 3.59. The second kappa shape index (κ2) is 10.5. The van der Waals surface area contributed by atoms with Crippen molar-refractivity contribution < 1.29 is 19.4 Å². The minimum Gasteiger partial charge on any atom is -0.378 e. The van der Waals surface area contributed by atoms with Crippen molar-refractivity contribution in [3.8, 4) is 11.3 Å². The van der Waals surface area contributed by atoms with E-state index in [-0.39, 0.29) is 22.1 Å². The highest BCUT2D eigenvalue weighted by Crippen LogP contribution is 2.30. The first kappa shape index (κ1) is 24.1. The molecule has 2 aromatic carbocycles. The molecule has 1 amide bonds. The Morgan fingerprint density at radius 2 is 1.89 bits per heavy atom. The molecule has 1 fully saturated rings. The highest BCUT2D eigenvalue weighted by molar-refractivity contribution is 7.80. The van der Waals surface area contributed by atoms with Gasteiger partial charge in [-0.05, 0) is 24.4 Å². The van der Waals surface area contributed by atoms with E-state index in [4.69, 9.17) is 17.0 Å². The van der Waals surface area contributed by atoms with Gasteiger partial charge in [-0.3, -0.25) is 30.3 Å². The van der Waals surface area contributed by atoms with Gasteiger partial charge in [-0.25, -0.2) is 4.98 Å². The van der Waals surface area contributed by atoms with Gasteiger partial charge in [-0.15, -0.1) is 11.3 Å². The molecular formula is C21H18N6O6S2. The molecule has 14 heteroatoms. The van der Waals surface area contributed by atoms with Crippen molar-refractivity contribution in [2.24, 2.45) is 0 Å². The molecule has 0 saturated carbocycles. The van der Waals surface area contributed by atoms with Gasteiger partial charge in [0.25, 0.3) is 17.3 Å². The second-order valence-electron chi connectivity index (χ2n) is 7.31. The Bertz CT molecular complexity index is 1310. The molecule has 3 aromatic rings. The topological polar surface area (TPSA) is 153 Å². The van der Waals surface area contributed by atoms with Gasteiger partial charge in [0.05, 0.1) is 28.8 Å². The highest BCUT2D eigenvalue weighted by atomic mass is 32.1. The van der Waals surface area contributed by atoms with Crippen LogP contribution in [0.1, 0.15) is 10.4 Å². The number of nitrogens with one attached hydrogen (secondary N) is 2. The molecule has 4 rings (SSSR count). The number of thiocarbonyl (C=S) groups is 1. The summed E-state index contributed by atoms with van der Waals surface area (Å²) in [6, 6.07) is 10.3. The van der Waals surface area contributed by atoms with E-state index in [9.17, 15) is 25.0 Å². The number of rotatable bonds is 6. The van der Waals surface area contributed by atoms with E-state index in [1.54, 1.807) is 23.6 Å². The molecule has 0 radical (unpaired) electrons. The number of benzene rings is 2. The lowest BCUT2D eigenvalue weighted by Gasteiger charge is -2.28. The molecule has 35 heavy (non-hydrogen) atoms. The molecule has 0 spiro atoms. The fourth-order valence-electron chi connectivity index (χ4n) is 3.43. The number of hydrogen-bond donors (Lipinski definition) is 2. The van der Waals surface area contributed by atoms with Gasteiger partial charge in [0.15, 0.2) is 10.2 Å². The Kier molecular flexibility index (Phi) is 7.24. The first-order valence-corrected chi connectivity index (χ1v) is 11.5. The first-order valence-electron chi connectivity index (χ1n) is 10.3. The highest BCUT2D eigenvalue weighted by Gasteiger charge is 2.23. The van der Waals surface area contributed by atoms with Crippen LogP contribution in [0.15, 0.2) is 47.8 Å². The number of nitro benzene ring substituents is 2. The summed E-state index contributed by atoms with van der Waals surface area (Å²) >= 11 is 6.38. The summed E-state index contributed by atoms with van der Waals surface area (Å²) < 4.78 is 5.29. The fourth-order valence-corrected chi connectivity index (χ4v) is 4.41. The standard InChI is InChI=1S/C21H18N6O6S2/c28-19(14-4-5-17(18(11-14)27(31)32)25-6-8-33-9-7-25)23-20(34)24-21-22-16(12-35-21)13-2-1-3-15(10-13)26(29)30/h1-5,10-12H,6-9H2,(H2,22,23,24,28,34). The predicted molar refractivity (Wildman–Crippen MR) is 134 cm³/mol. The molecule has 12 nitrogen and oxygen atoms in total. The van der Waals surface area contributed by atoms with Gasteiger partial charge in [-0.1, -0.05) is 12.1 Å². The molecule has 0 atom stereocenters. The monoisotopic (exact) mass is 514 g/mol. The number of nitrogens with zero attached hydrogens (tertiary/aromatic N) is 4. The van der Waals surface area contributed by atoms with Crippen LogP contribution < -0.4 is 15.5 Å². The van der Waals surface area contributed by atoms with Crippen molar-refractivity contribution in [3.05, 3.63) is 73.6 Å². The maximum atomic E-state index is 12.7. The van der Waals surface area contributed by atoms with E-state index >= 15 is 0 Å². The van der Waals surface area contributed by atoms with Gasteiger partial charge in [0.2, 0.25) is 0 Å². The zero-order valence-electron chi connectivity index (χ0n) is 18.0. The maximum Gasteiger partial charge on any atom is 0.293 e. The van der Waals surface area contributed by atoms with Gasteiger partial charge in [0, 0.05) is 47.8 Å². The lowest BCUT2D eigenvalue weighted by atomic mass is 10.1. The normalized spacial score (nSPS) is 13.2. The van der Waals surface area contributed by atoms with Crippen molar-refractivity contribution in [2.75, 3.05) is 36.5 Å². The van der Waals surface area contributed by atoms with E-state index in [2.05, 4.69) is 15.6 Å². The quantitative estimate of drug-likeness (QED) is 0.283. The zero-order chi connectivity index (χ0) is 24.9. The third-order valence-electron chi connectivity index (χ3n) is 5.09. The van der Waals surface area contributed by atoms with Crippen LogP contribution in [-0.4, -0.2) is 52.2 Å². The Labute approximate surface area is 207 Å². The van der Waals surface area contributed by atoms with Crippen LogP contribution in [0.2, 0.25) is 0 Å². The number of nitro groups is 2. The Morgan fingerprint density at radius 3 is 2.60 bits per heavy atom. The molecule has 0 aliphatic carbocycles. The number of hydrogen-bond acceptors (Lipinski definition) is 10. The number of carbonyl (C=O) groups excluding carboxylic acids is 1. The molecule has 0 unspecified atom stereocenters. The van der Waals surface area contributed by atoms with Crippen LogP contribution in [0.25, 0.3) is 11.3 Å². The number of ether oxygens (including phenoxy) is 1. The summed E-state index contributed by atoms with van der Waals surface area (Å²) in [5.74, 6) is -0.616. The average molecular weight is 515 g/mol. The van der Waals surface area contributed by atoms with E-state index in [0.717, 1.165) is 0 Å². The summed E-state index contributed by atoms with van der Waals surface area (Å²) in [5, 5.41) is 29.9. The summed E-state index contributed by atoms with van der Waals surface area (Å²) in [6.45, 7) is 1.98. The molecule has 180 valence electrons. The number of thiazole rings is 1. The smallest absolute Gasteiger partial charge is 0.293 e. The Morgan fingerprint density at radius 1 is 1.11 bits per heavy atom. The summed E-state index contributed by atoms with van der Waals surface area (Å²) in [5.41, 5.74) is 1.33. The second-order valence-corrected chi connectivity index (χ2v) is 8.58. The molecule has 1 aliphatic heterocycles. The van der Waals surface area contributed by atoms with Gasteiger partial charge in [0.1, 0.15) is 5.69 Å². The average Bonchev–Trinajstić information content (AvgIpc) is 3.32. The number of anilines is 2. The van der Waals surface area contributed by atoms with Gasteiger partial charge < -0.3 is 15.0 Å². The molecule has 1 saturated heterocycles. The Hall–Kier alpha value is -4.01. The van der Waals surface area contributed by atoms with Crippen LogP contribution in [0, 0.1) is 20.2 Å². The summed E-state index contributed by atoms with van der Waals surface area (Å²) in [6.07, 6.45) is 0. The van der Waals surface area contributed by atoms with E-state index in [1.165, 1.54) is 35.6 Å². The van der Waals surface area contributed by atoms with E-state index < -0.39 is 15.8 Å². The Balaban J connectivity index is 1.43. The summed E-state index contributed by atoms with van der Waals surface area (Å²) in [7, 11) is 0. The molecular weight excluding hydrogens is 496 g/mol. The van der Waals surface area contributed by atoms with E-state index in [1.807, 2.05) is 4.90 Å². The number of carbonyl (C=O) groups is 1. The SMILES string of the molecule is O=C(NC(=S)Nc1nc(-c2cccc([N+](=O)[O-])c2)cs1)c1ccc(N2CCOCC2)c([N+](=O)[O-])c1. The van der Waals surface area contributed by atoms with Crippen molar-refractivity contribution in [1.29, 1.82) is 0 Å². The number of morpholine rings is 1. The molecule has 0 bridgehead atoms. The number of non-ortho nitro benzene ring substituents is 1. The molecule has 1 aliphatic rings. The lowest BCUT2D eigenvalue weighted by Crippen LogP contribution is -2.37. The largest absolute Gasteiger partial charge is 0.378 e. The third-order valence-corrected chi connectivity index (χ3v) is 6.05. The van der Waals surface area contributed by atoms with E-state index in [0.29, 0.717) is 48.4 Å².